The second-order valence-electron chi connectivity index (χ2n) is 1.68. The molecule has 5 heteroatoms. The van der Waals surface area contributed by atoms with Gasteiger partial charge >= 0.3 is 0 Å². The molecule has 0 spiro atoms. The van der Waals surface area contributed by atoms with Gasteiger partial charge in [-0.1, -0.05) is 6.07 Å². The van der Waals surface area contributed by atoms with Gasteiger partial charge in [-0.05, 0) is 17.7 Å². The average molecular weight is 298 g/mol. The lowest BCUT2D eigenvalue weighted by atomic mass is 10.5. The zero-order chi connectivity index (χ0) is 8.10. The van der Waals surface area contributed by atoms with Gasteiger partial charge in [0.25, 0.3) is 0 Å². The maximum absolute atomic E-state index is 4.11. The van der Waals surface area contributed by atoms with Crippen molar-refractivity contribution in [2.75, 3.05) is 6.26 Å². The van der Waals surface area contributed by atoms with Gasteiger partial charge in [0.2, 0.25) is 0 Å². The van der Waals surface area contributed by atoms with Gasteiger partial charge in [0.15, 0.2) is 0 Å². The van der Waals surface area contributed by atoms with E-state index in [4.69, 9.17) is 0 Å². The van der Waals surface area contributed by atoms with Gasteiger partial charge in [0.05, 0.1) is 27.7 Å². The molecule has 0 saturated heterocycles. The molecule has 0 radical (unpaired) electrons. The summed E-state index contributed by atoms with van der Waals surface area (Å²) in [6.07, 6.45) is 2.02. The van der Waals surface area contributed by atoms with E-state index in [0.717, 1.165) is 5.04 Å². The van der Waals surface area contributed by atoms with Crippen LogP contribution in [-0.4, -0.2) is 11.3 Å². The molecule has 1 aromatic heterocycles. The van der Waals surface area contributed by atoms with Crippen molar-refractivity contribution in [3.05, 3.63) is 22.4 Å². The van der Waals surface area contributed by atoms with Gasteiger partial charge < -0.3 is 0 Å². The molecule has 11 heavy (non-hydrogen) atoms. The SMILES string of the molecule is CS/C(=N\NI)c1cccs1. The fourth-order valence-electron chi connectivity index (χ4n) is 0.640. The quantitative estimate of drug-likeness (QED) is 0.298. The highest BCUT2D eigenvalue weighted by atomic mass is 127. The van der Waals surface area contributed by atoms with Crippen LogP contribution in [0.4, 0.5) is 0 Å². The van der Waals surface area contributed by atoms with Crippen molar-refractivity contribution < 1.29 is 0 Å². The lowest BCUT2D eigenvalue weighted by Crippen LogP contribution is -1.95. The first kappa shape index (κ1) is 9.34. The zero-order valence-corrected chi connectivity index (χ0v) is 9.66. The Morgan fingerprint density at radius 3 is 3.09 bits per heavy atom. The fraction of sp³-hybridized carbons (Fsp3) is 0.167. The highest BCUT2D eigenvalue weighted by Crippen LogP contribution is 2.16. The minimum absolute atomic E-state index is 1.04. The van der Waals surface area contributed by atoms with Crippen LogP contribution in [0.15, 0.2) is 22.6 Å². The van der Waals surface area contributed by atoms with Gasteiger partial charge in [-0.25, -0.2) is 3.64 Å². The highest BCUT2D eigenvalue weighted by molar-refractivity contribution is 14.1. The number of hydrogen-bond donors (Lipinski definition) is 1. The molecule has 1 heterocycles. The molecule has 0 unspecified atom stereocenters. The van der Waals surface area contributed by atoms with Crippen LogP contribution in [0.1, 0.15) is 4.88 Å². The molecular weight excluding hydrogens is 291 g/mol. The molecule has 0 aliphatic rings. The minimum Gasteiger partial charge on any atom is -0.249 e. The number of nitrogens with zero attached hydrogens (tertiary/aromatic N) is 1. The Labute approximate surface area is 88.0 Å². The molecule has 0 saturated carbocycles. The van der Waals surface area contributed by atoms with Crippen LogP contribution in [0.3, 0.4) is 0 Å². The lowest BCUT2D eigenvalue weighted by Gasteiger charge is -1.96. The summed E-state index contributed by atoms with van der Waals surface area (Å²) in [6.45, 7) is 0. The lowest BCUT2D eigenvalue weighted by molar-refractivity contribution is 1.18. The third-order valence-corrected chi connectivity index (χ3v) is 3.01. The van der Waals surface area contributed by atoms with E-state index in [-0.39, 0.29) is 0 Å². The van der Waals surface area contributed by atoms with Crippen LogP contribution >= 0.6 is 46.0 Å². The second-order valence-corrected chi connectivity index (χ2v) is 3.91. The summed E-state index contributed by atoms with van der Waals surface area (Å²) in [6, 6.07) is 4.09. The molecular formula is C6H7IN2S2. The zero-order valence-electron chi connectivity index (χ0n) is 5.87. The monoisotopic (exact) mass is 298 g/mol. The van der Waals surface area contributed by atoms with E-state index in [1.54, 1.807) is 23.1 Å². The fourth-order valence-corrected chi connectivity index (χ4v) is 2.45. The van der Waals surface area contributed by atoms with Crippen LogP contribution in [0, 0.1) is 0 Å². The summed E-state index contributed by atoms with van der Waals surface area (Å²) in [4.78, 5) is 1.21. The van der Waals surface area contributed by atoms with E-state index in [2.05, 4.69) is 14.8 Å². The summed E-state index contributed by atoms with van der Waals surface area (Å²) in [5.74, 6) is 0. The molecule has 0 aliphatic carbocycles. The van der Waals surface area contributed by atoms with Crippen LogP contribution in [-0.2, 0) is 0 Å². The summed E-state index contributed by atoms with van der Waals surface area (Å²) in [5.41, 5.74) is 0. The predicted molar refractivity (Wildman–Crippen MR) is 61.5 cm³/mol. The van der Waals surface area contributed by atoms with Crippen molar-refractivity contribution >= 4 is 51.0 Å². The maximum Gasteiger partial charge on any atom is 0.134 e. The number of nitrogens with one attached hydrogen (secondary N) is 1. The first-order chi connectivity index (χ1) is 5.38. The van der Waals surface area contributed by atoms with Crippen molar-refractivity contribution in [2.24, 2.45) is 5.10 Å². The Balaban J connectivity index is 2.79. The van der Waals surface area contributed by atoms with E-state index in [1.807, 2.05) is 40.6 Å². The van der Waals surface area contributed by atoms with E-state index < -0.39 is 0 Å². The molecule has 0 bridgehead atoms. The van der Waals surface area contributed by atoms with Gasteiger partial charge in [0.1, 0.15) is 5.04 Å². The Bertz CT molecular complexity index is 233. The van der Waals surface area contributed by atoms with Crippen LogP contribution in [0.2, 0.25) is 0 Å². The van der Waals surface area contributed by atoms with Crippen LogP contribution in [0.5, 0.6) is 0 Å². The number of hydrazone groups is 1. The highest BCUT2D eigenvalue weighted by Gasteiger charge is 2.01. The third-order valence-electron chi connectivity index (χ3n) is 1.07. The molecule has 1 rings (SSSR count). The first-order valence-corrected chi connectivity index (χ1v) is 6.08. The number of hydrogen-bond acceptors (Lipinski definition) is 4. The minimum atomic E-state index is 1.04. The van der Waals surface area contributed by atoms with Crippen molar-refractivity contribution in [3.63, 3.8) is 0 Å². The molecule has 1 aromatic rings. The van der Waals surface area contributed by atoms with E-state index in [0.29, 0.717) is 0 Å². The standard InChI is InChI=1S/C6H7IN2S2/c1-10-6(8-9-7)5-3-2-4-11-5/h2-4,9H,1H3/b8-6-. The van der Waals surface area contributed by atoms with Gasteiger partial charge in [-0.3, -0.25) is 0 Å². The second kappa shape index (κ2) is 5.00. The van der Waals surface area contributed by atoms with E-state index >= 15 is 0 Å². The average Bonchev–Trinajstić information content (AvgIpc) is 2.52. The summed E-state index contributed by atoms with van der Waals surface area (Å²) >= 11 is 5.35. The molecule has 0 amide bonds. The van der Waals surface area contributed by atoms with Crippen molar-refractivity contribution in [2.45, 2.75) is 0 Å². The van der Waals surface area contributed by atoms with Gasteiger partial charge in [0, 0.05) is 0 Å². The molecule has 0 fully saturated rings. The van der Waals surface area contributed by atoms with Gasteiger partial charge in [-0.2, -0.15) is 5.10 Å². The maximum atomic E-state index is 4.11. The number of halogens is 1. The van der Waals surface area contributed by atoms with Crippen LogP contribution in [0.25, 0.3) is 0 Å². The molecule has 0 atom stereocenters. The first-order valence-electron chi connectivity index (χ1n) is 2.89. The number of rotatable bonds is 2. The summed E-state index contributed by atoms with van der Waals surface area (Å²) in [5, 5.41) is 7.20. The topological polar surface area (TPSA) is 24.4 Å². The molecule has 1 N–H and O–H groups in total. The van der Waals surface area contributed by atoms with Gasteiger partial charge in [-0.15, -0.1) is 23.1 Å². The summed E-state index contributed by atoms with van der Waals surface area (Å²) in [7, 11) is 0. The van der Waals surface area contributed by atoms with Crippen molar-refractivity contribution in [3.8, 4) is 0 Å². The Kier molecular flexibility index (Phi) is 4.24. The Hall–Kier alpha value is 0.250. The Morgan fingerprint density at radius 1 is 1.82 bits per heavy atom. The number of thioether (sulfide) groups is 1. The smallest absolute Gasteiger partial charge is 0.134 e. The van der Waals surface area contributed by atoms with Crippen molar-refractivity contribution in [1.29, 1.82) is 0 Å². The molecule has 0 aromatic carbocycles. The van der Waals surface area contributed by atoms with E-state index in [1.165, 1.54) is 4.88 Å². The molecule has 2 nitrogen and oxygen atoms in total. The van der Waals surface area contributed by atoms with E-state index in [9.17, 15) is 0 Å². The molecule has 60 valence electrons. The Morgan fingerprint density at radius 2 is 2.64 bits per heavy atom. The number of thiophene rings is 1. The summed E-state index contributed by atoms with van der Waals surface area (Å²) < 4.78 is 2.75. The van der Waals surface area contributed by atoms with Crippen molar-refractivity contribution in [1.82, 2.24) is 3.64 Å². The van der Waals surface area contributed by atoms with Crippen LogP contribution < -0.4 is 3.64 Å². The molecule has 0 aliphatic heterocycles. The largest absolute Gasteiger partial charge is 0.249 e. The predicted octanol–water partition coefficient (Wildman–Crippen LogP) is 2.71. The third kappa shape index (κ3) is 2.64. The normalized spacial score (nSPS) is 11.6.